The molecule has 0 bridgehead atoms. The summed E-state index contributed by atoms with van der Waals surface area (Å²) in [4.78, 5) is 14.0. The summed E-state index contributed by atoms with van der Waals surface area (Å²) in [5.74, 6) is 2.50. The van der Waals surface area contributed by atoms with E-state index in [1.807, 2.05) is 12.1 Å². The molecule has 1 saturated heterocycles. The van der Waals surface area contributed by atoms with Crippen LogP contribution in [-0.4, -0.2) is 53.8 Å². The Labute approximate surface area is 121 Å². The van der Waals surface area contributed by atoms with E-state index in [1.165, 1.54) is 0 Å². The summed E-state index contributed by atoms with van der Waals surface area (Å²) in [5, 5.41) is 0. The van der Waals surface area contributed by atoms with Crippen LogP contribution < -0.4 is 9.47 Å². The van der Waals surface area contributed by atoms with Crippen molar-refractivity contribution in [3.05, 3.63) is 23.8 Å². The Morgan fingerprint density at radius 1 is 1.20 bits per heavy atom. The molecule has 2 rings (SSSR count). The lowest BCUT2D eigenvalue weighted by Crippen LogP contribution is -2.42. The molecule has 0 N–H and O–H groups in total. The monoisotopic (exact) mass is 297 g/mol. The maximum absolute atomic E-state index is 12.2. The Kier molecular flexibility index (Phi) is 5.00. The zero-order chi connectivity index (χ0) is 14.5. The fourth-order valence-electron chi connectivity index (χ4n) is 2.16. The number of nitrogens with zero attached hydrogens (tertiary/aromatic N) is 1. The predicted octanol–water partition coefficient (Wildman–Crippen LogP) is 0.837. The molecule has 110 valence electrons. The van der Waals surface area contributed by atoms with E-state index in [4.69, 9.17) is 9.47 Å². The molecule has 20 heavy (non-hydrogen) atoms. The van der Waals surface area contributed by atoms with Crippen LogP contribution in [0.1, 0.15) is 5.56 Å². The van der Waals surface area contributed by atoms with Crippen LogP contribution in [0.2, 0.25) is 0 Å². The van der Waals surface area contributed by atoms with Crippen molar-refractivity contribution in [2.24, 2.45) is 0 Å². The molecule has 0 atom stereocenters. The lowest BCUT2D eigenvalue weighted by Gasteiger charge is -2.26. The minimum absolute atomic E-state index is 0.0638. The van der Waals surface area contributed by atoms with Gasteiger partial charge >= 0.3 is 0 Å². The van der Waals surface area contributed by atoms with Gasteiger partial charge in [0.25, 0.3) is 0 Å². The molecule has 1 aliphatic rings. The average molecular weight is 297 g/mol. The molecular formula is C14H19NO4S. The fraction of sp³-hybridized carbons (Fsp3) is 0.500. The first-order chi connectivity index (χ1) is 9.63. The van der Waals surface area contributed by atoms with E-state index in [0.29, 0.717) is 42.5 Å². The maximum atomic E-state index is 12.2. The number of hydrogen-bond donors (Lipinski definition) is 0. The zero-order valence-electron chi connectivity index (χ0n) is 11.8. The van der Waals surface area contributed by atoms with Crippen LogP contribution >= 0.6 is 0 Å². The molecule has 6 heteroatoms. The van der Waals surface area contributed by atoms with Gasteiger partial charge in [-0.3, -0.25) is 9.00 Å². The number of methoxy groups -OCH3 is 2. The number of carbonyl (C=O) groups is 1. The zero-order valence-corrected chi connectivity index (χ0v) is 12.6. The van der Waals surface area contributed by atoms with Gasteiger partial charge in [0.15, 0.2) is 11.5 Å². The molecule has 0 saturated carbocycles. The van der Waals surface area contributed by atoms with Crippen LogP contribution in [0.4, 0.5) is 0 Å². The van der Waals surface area contributed by atoms with E-state index < -0.39 is 10.8 Å². The van der Waals surface area contributed by atoms with Crippen LogP contribution in [0.15, 0.2) is 18.2 Å². The summed E-state index contributed by atoms with van der Waals surface area (Å²) >= 11 is 0. The highest BCUT2D eigenvalue weighted by atomic mass is 32.2. The van der Waals surface area contributed by atoms with Crippen LogP contribution in [0.5, 0.6) is 11.5 Å². The minimum Gasteiger partial charge on any atom is -0.493 e. The molecule has 0 aromatic heterocycles. The number of carbonyl (C=O) groups excluding carboxylic acids is 1. The van der Waals surface area contributed by atoms with Crippen molar-refractivity contribution in [3.8, 4) is 11.5 Å². The third kappa shape index (κ3) is 3.50. The number of amides is 1. The number of ether oxygens (including phenoxy) is 2. The molecular weight excluding hydrogens is 278 g/mol. The van der Waals surface area contributed by atoms with Gasteiger partial charge in [-0.15, -0.1) is 0 Å². The molecule has 0 aliphatic carbocycles. The van der Waals surface area contributed by atoms with Gasteiger partial charge in [0.05, 0.1) is 20.6 Å². The molecule has 1 aliphatic heterocycles. The molecule has 1 amide bonds. The Morgan fingerprint density at radius 3 is 2.45 bits per heavy atom. The van der Waals surface area contributed by atoms with Crippen LogP contribution in [0.3, 0.4) is 0 Å². The second kappa shape index (κ2) is 6.74. The van der Waals surface area contributed by atoms with E-state index >= 15 is 0 Å². The summed E-state index contributed by atoms with van der Waals surface area (Å²) in [5.41, 5.74) is 0.888. The molecule has 0 unspecified atom stereocenters. The molecule has 0 radical (unpaired) electrons. The predicted molar refractivity (Wildman–Crippen MR) is 77.7 cm³/mol. The molecule has 5 nitrogen and oxygen atoms in total. The van der Waals surface area contributed by atoms with Crippen molar-refractivity contribution < 1.29 is 18.5 Å². The van der Waals surface area contributed by atoms with E-state index in [2.05, 4.69) is 0 Å². The van der Waals surface area contributed by atoms with Crippen molar-refractivity contribution >= 4 is 16.7 Å². The summed E-state index contributed by atoms with van der Waals surface area (Å²) in [7, 11) is 2.39. The van der Waals surface area contributed by atoms with E-state index in [9.17, 15) is 9.00 Å². The summed E-state index contributed by atoms with van der Waals surface area (Å²) in [6, 6.07) is 5.48. The largest absolute Gasteiger partial charge is 0.493 e. The molecule has 0 spiro atoms. The normalized spacial score (nSPS) is 16.0. The first-order valence-corrected chi connectivity index (χ1v) is 7.96. The van der Waals surface area contributed by atoms with Crippen molar-refractivity contribution in [3.63, 3.8) is 0 Å². The van der Waals surface area contributed by atoms with Crippen LogP contribution in [0.25, 0.3) is 0 Å². The van der Waals surface area contributed by atoms with Gasteiger partial charge in [-0.2, -0.15) is 0 Å². The van der Waals surface area contributed by atoms with Crippen LogP contribution in [-0.2, 0) is 22.0 Å². The quantitative estimate of drug-likeness (QED) is 0.826. The van der Waals surface area contributed by atoms with Gasteiger partial charge in [-0.25, -0.2) is 0 Å². The van der Waals surface area contributed by atoms with E-state index in [-0.39, 0.29) is 5.91 Å². The van der Waals surface area contributed by atoms with Gasteiger partial charge < -0.3 is 14.4 Å². The first-order valence-electron chi connectivity index (χ1n) is 6.47. The molecule has 1 heterocycles. The highest BCUT2D eigenvalue weighted by molar-refractivity contribution is 7.85. The van der Waals surface area contributed by atoms with Crippen molar-refractivity contribution in [1.29, 1.82) is 0 Å². The second-order valence-corrected chi connectivity index (χ2v) is 6.29. The Hall–Kier alpha value is -1.56. The van der Waals surface area contributed by atoms with Crippen molar-refractivity contribution in [1.82, 2.24) is 4.90 Å². The van der Waals surface area contributed by atoms with E-state index in [1.54, 1.807) is 25.2 Å². The smallest absolute Gasteiger partial charge is 0.227 e. The highest BCUT2D eigenvalue weighted by Crippen LogP contribution is 2.27. The molecule has 1 aromatic rings. The topological polar surface area (TPSA) is 55.8 Å². The SMILES string of the molecule is COc1ccc(CC(=O)N2CCS(=O)CC2)cc1OC. The van der Waals surface area contributed by atoms with Gasteiger partial charge in [0.1, 0.15) is 0 Å². The fourth-order valence-corrected chi connectivity index (χ4v) is 3.22. The summed E-state index contributed by atoms with van der Waals surface area (Å²) < 4.78 is 21.7. The summed E-state index contributed by atoms with van der Waals surface area (Å²) in [6.45, 7) is 1.16. The summed E-state index contributed by atoms with van der Waals surface area (Å²) in [6.07, 6.45) is 0.326. The van der Waals surface area contributed by atoms with Gasteiger partial charge in [0, 0.05) is 35.4 Å². The molecule has 1 aromatic carbocycles. The van der Waals surface area contributed by atoms with Crippen LogP contribution in [0, 0.1) is 0 Å². The Balaban J connectivity index is 2.02. The lowest BCUT2D eigenvalue weighted by atomic mass is 10.1. The van der Waals surface area contributed by atoms with Crippen molar-refractivity contribution in [2.45, 2.75) is 6.42 Å². The number of rotatable bonds is 4. The van der Waals surface area contributed by atoms with E-state index in [0.717, 1.165) is 5.56 Å². The van der Waals surface area contributed by atoms with Crippen molar-refractivity contribution in [2.75, 3.05) is 38.8 Å². The third-order valence-electron chi connectivity index (χ3n) is 3.33. The third-order valence-corrected chi connectivity index (χ3v) is 4.61. The van der Waals surface area contributed by atoms with Gasteiger partial charge in [0.2, 0.25) is 5.91 Å². The first kappa shape index (κ1) is 14.8. The minimum atomic E-state index is -0.764. The average Bonchev–Trinajstić information content (AvgIpc) is 2.47. The van der Waals surface area contributed by atoms with Gasteiger partial charge in [-0.1, -0.05) is 6.07 Å². The Bertz CT molecular complexity index is 508. The molecule has 1 fully saturated rings. The standard InChI is InChI=1S/C14H19NO4S/c1-18-12-4-3-11(9-13(12)19-2)10-14(16)15-5-7-20(17)8-6-15/h3-4,9H,5-8,10H2,1-2H3. The Morgan fingerprint density at radius 2 is 1.85 bits per heavy atom. The number of benzene rings is 1. The lowest BCUT2D eigenvalue weighted by molar-refractivity contribution is -0.130. The number of hydrogen-bond acceptors (Lipinski definition) is 4. The van der Waals surface area contributed by atoms with Gasteiger partial charge in [-0.05, 0) is 17.7 Å². The maximum Gasteiger partial charge on any atom is 0.227 e. The highest BCUT2D eigenvalue weighted by Gasteiger charge is 2.20. The second-order valence-electron chi connectivity index (χ2n) is 4.59.